The molecule has 0 saturated carbocycles. The number of imide groups is 1. The van der Waals surface area contributed by atoms with Gasteiger partial charge in [0.2, 0.25) is 6.79 Å². The first kappa shape index (κ1) is 31.6. The molecule has 3 aromatic carbocycles. The van der Waals surface area contributed by atoms with E-state index in [-0.39, 0.29) is 25.1 Å². The third-order valence-corrected chi connectivity index (χ3v) is 12.0. The highest BCUT2D eigenvalue weighted by Crippen LogP contribution is 2.59. The Kier molecular flexibility index (Phi) is 7.22. The Labute approximate surface area is 290 Å². The average molecular weight is 730 g/mol. The number of hydrogen-bond acceptors (Lipinski definition) is 11. The molecule has 0 radical (unpaired) electrons. The number of halogens is 1. The number of amides is 2. The average Bonchev–Trinajstić information content (AvgIpc) is 3.66. The first-order valence-electron chi connectivity index (χ1n) is 16.0. The molecule has 3 aromatic rings. The van der Waals surface area contributed by atoms with Gasteiger partial charge in [0.1, 0.15) is 11.8 Å². The van der Waals surface area contributed by atoms with Gasteiger partial charge in [-0.1, -0.05) is 28.1 Å². The second kappa shape index (κ2) is 11.2. The van der Waals surface area contributed by atoms with Gasteiger partial charge >= 0.3 is 5.97 Å². The van der Waals surface area contributed by atoms with Crippen LogP contribution in [0.5, 0.6) is 28.7 Å². The van der Waals surface area contributed by atoms with Gasteiger partial charge in [-0.25, -0.2) is 0 Å². The first-order chi connectivity index (χ1) is 23.5. The lowest BCUT2D eigenvalue weighted by molar-refractivity contribution is -0.132. The Morgan fingerprint density at radius 1 is 1.02 bits per heavy atom. The number of esters is 1. The zero-order valence-corrected chi connectivity index (χ0v) is 29.1. The molecule has 2 bridgehead atoms. The van der Waals surface area contributed by atoms with Gasteiger partial charge in [0.25, 0.3) is 11.8 Å². The Balaban J connectivity index is 1.39. The number of benzene rings is 3. The van der Waals surface area contributed by atoms with Crippen molar-refractivity contribution in [2.24, 2.45) is 0 Å². The van der Waals surface area contributed by atoms with Crippen LogP contribution in [0.3, 0.4) is 0 Å². The number of fused-ring (bicyclic) bond motifs is 10. The third-order valence-electron chi connectivity index (χ3n) is 10.9. The van der Waals surface area contributed by atoms with E-state index in [0.717, 1.165) is 15.6 Å². The van der Waals surface area contributed by atoms with Gasteiger partial charge < -0.3 is 24.1 Å². The maximum absolute atomic E-state index is 13.8. The van der Waals surface area contributed by atoms with Crippen LogP contribution in [-0.2, 0) is 17.6 Å². The lowest BCUT2D eigenvalue weighted by atomic mass is 9.71. The van der Waals surface area contributed by atoms with Crippen molar-refractivity contribution in [2.45, 2.75) is 63.8 Å². The number of nitrogens with zero attached hydrogens (tertiary/aromatic N) is 4. The lowest BCUT2D eigenvalue weighted by Crippen LogP contribution is -2.69. The zero-order chi connectivity index (χ0) is 34.6. The van der Waals surface area contributed by atoms with Crippen LogP contribution in [0.1, 0.15) is 73.1 Å². The molecule has 5 aliphatic heterocycles. The van der Waals surface area contributed by atoms with Crippen LogP contribution in [0, 0.1) is 25.2 Å². The molecule has 13 heteroatoms. The summed E-state index contributed by atoms with van der Waals surface area (Å²) >= 11 is 3.78. The molecule has 5 atom stereocenters. The Morgan fingerprint density at radius 3 is 2.31 bits per heavy atom. The van der Waals surface area contributed by atoms with Crippen LogP contribution in [0.4, 0.5) is 0 Å². The molecule has 0 spiro atoms. The highest BCUT2D eigenvalue weighted by atomic mass is 79.9. The lowest BCUT2D eigenvalue weighted by Gasteiger charge is -2.60. The molecule has 8 rings (SSSR count). The summed E-state index contributed by atoms with van der Waals surface area (Å²) in [6.45, 7) is 4.82. The second-order valence-electron chi connectivity index (χ2n) is 13.2. The number of hydrogen-bond donors (Lipinski definition) is 1. The van der Waals surface area contributed by atoms with Gasteiger partial charge in [-0.05, 0) is 51.4 Å². The Morgan fingerprint density at radius 2 is 1.67 bits per heavy atom. The van der Waals surface area contributed by atoms with Crippen LogP contribution in [-0.4, -0.2) is 83.2 Å². The molecule has 5 heterocycles. The number of carbonyl (C=O) groups is 3. The van der Waals surface area contributed by atoms with Crippen LogP contribution < -0.4 is 18.9 Å². The van der Waals surface area contributed by atoms with Crippen molar-refractivity contribution < 1.29 is 38.4 Å². The minimum Gasteiger partial charge on any atom is -0.504 e. The van der Waals surface area contributed by atoms with Gasteiger partial charge in [0.15, 0.2) is 23.0 Å². The molecular formula is C36H33BrN4O8. The number of methoxy groups -OCH3 is 1. The maximum atomic E-state index is 13.8. The summed E-state index contributed by atoms with van der Waals surface area (Å²) in [4.78, 5) is 45.7. The topological polar surface area (TPSA) is 142 Å². The van der Waals surface area contributed by atoms with Gasteiger partial charge in [0.05, 0.1) is 36.4 Å². The standard InChI is InChI=1S/C36H33BrN4O8/c1-15-28(37)20-10-22-24(12-38)41-23(29(39(22)4)27(20)30(43)32(15)46-5)11-21-26(34-33(47-14-48-34)16(2)31(21)49-17(3)42)25(41)13-40-35(44)18-8-6-7-9-19(18)36(40)45/h6-9,22-25,29,43H,10-11,13-14H2,1-5H3/t22?,23?,24?,25-,29?/m0/s1. The fourth-order valence-corrected chi connectivity index (χ4v) is 9.44. The van der Waals surface area contributed by atoms with Crippen molar-refractivity contribution in [2.75, 3.05) is 27.5 Å². The molecular weight excluding hydrogens is 696 g/mol. The summed E-state index contributed by atoms with van der Waals surface area (Å²) in [5, 5.41) is 22.8. The van der Waals surface area contributed by atoms with E-state index >= 15 is 0 Å². The second-order valence-corrected chi connectivity index (χ2v) is 14.0. The van der Waals surface area contributed by atoms with E-state index in [0.29, 0.717) is 69.2 Å². The number of piperazine rings is 1. The number of ether oxygens (including phenoxy) is 4. The summed E-state index contributed by atoms with van der Waals surface area (Å²) in [6.07, 6.45) is 0.736. The van der Waals surface area contributed by atoms with Crippen molar-refractivity contribution in [1.82, 2.24) is 14.7 Å². The number of likely N-dealkylation sites (N-methyl/N-ethyl adjacent to an activating group) is 1. The number of phenolic OH excluding ortho intramolecular Hbond substituents is 1. The van der Waals surface area contributed by atoms with E-state index in [1.54, 1.807) is 31.2 Å². The van der Waals surface area contributed by atoms with Crippen LogP contribution in [0.25, 0.3) is 0 Å². The molecule has 4 unspecified atom stereocenters. The van der Waals surface area contributed by atoms with Crippen LogP contribution >= 0.6 is 15.9 Å². The smallest absolute Gasteiger partial charge is 0.308 e. The van der Waals surface area contributed by atoms with E-state index in [1.165, 1.54) is 18.9 Å². The maximum Gasteiger partial charge on any atom is 0.308 e. The summed E-state index contributed by atoms with van der Waals surface area (Å²) in [7, 11) is 3.47. The quantitative estimate of drug-likeness (QED) is 0.231. The molecule has 49 heavy (non-hydrogen) atoms. The van der Waals surface area contributed by atoms with Crippen molar-refractivity contribution in [3.63, 3.8) is 0 Å². The minimum atomic E-state index is -0.760. The van der Waals surface area contributed by atoms with E-state index in [1.807, 2.05) is 14.0 Å². The number of aromatic hydroxyl groups is 1. The predicted molar refractivity (Wildman–Crippen MR) is 177 cm³/mol. The molecule has 1 N–H and O–H groups in total. The Bertz CT molecular complexity index is 2020. The fraction of sp³-hybridized carbons (Fsp3) is 0.389. The van der Waals surface area contributed by atoms with Gasteiger partial charge in [-0.2, -0.15) is 5.26 Å². The SMILES string of the molecule is COc1c(C)c(Br)c2c(c1O)C1C3Cc4c(OC(C)=O)c(C)c5c(c4[C@H](CN4C(=O)c6ccccc6C4=O)N3C(C#N)C(C2)N1C)OCO5. The normalized spacial score (nSPS) is 24.9. The summed E-state index contributed by atoms with van der Waals surface area (Å²) in [5.41, 5.74) is 4.80. The van der Waals surface area contributed by atoms with Gasteiger partial charge in [-0.3, -0.25) is 29.1 Å². The molecule has 2 amide bonds. The predicted octanol–water partition coefficient (Wildman–Crippen LogP) is 4.50. The van der Waals surface area contributed by atoms with Crippen LogP contribution in [0.2, 0.25) is 0 Å². The van der Waals surface area contributed by atoms with Crippen molar-refractivity contribution in [3.05, 3.63) is 73.2 Å². The summed E-state index contributed by atoms with van der Waals surface area (Å²) in [6, 6.07) is 6.55. The van der Waals surface area contributed by atoms with Crippen molar-refractivity contribution in [1.29, 1.82) is 5.26 Å². The van der Waals surface area contributed by atoms with Gasteiger partial charge in [-0.15, -0.1) is 0 Å². The summed E-state index contributed by atoms with van der Waals surface area (Å²) in [5.74, 6) is 0.159. The molecule has 1 fully saturated rings. The summed E-state index contributed by atoms with van der Waals surface area (Å²) < 4.78 is 24.4. The number of phenols is 1. The van der Waals surface area contributed by atoms with Gasteiger partial charge in [0, 0.05) is 57.8 Å². The number of nitriles is 1. The third kappa shape index (κ3) is 4.23. The minimum absolute atomic E-state index is 0.0219. The largest absolute Gasteiger partial charge is 0.504 e. The van der Waals surface area contributed by atoms with E-state index < -0.39 is 42.0 Å². The molecule has 12 nitrogen and oxygen atoms in total. The van der Waals surface area contributed by atoms with E-state index in [9.17, 15) is 24.8 Å². The zero-order valence-electron chi connectivity index (χ0n) is 27.5. The molecule has 0 aromatic heterocycles. The van der Waals surface area contributed by atoms with Crippen molar-refractivity contribution in [3.8, 4) is 34.8 Å². The molecule has 252 valence electrons. The van der Waals surface area contributed by atoms with Crippen molar-refractivity contribution >= 4 is 33.7 Å². The molecule has 1 saturated heterocycles. The number of carbonyl (C=O) groups excluding carboxylic acids is 3. The van der Waals surface area contributed by atoms with Crippen LogP contribution in [0.15, 0.2) is 28.7 Å². The fourth-order valence-electron chi connectivity index (χ4n) is 8.88. The molecule has 5 aliphatic rings. The Hall–Kier alpha value is -4.64. The highest BCUT2D eigenvalue weighted by molar-refractivity contribution is 9.10. The van der Waals surface area contributed by atoms with E-state index in [4.69, 9.17) is 18.9 Å². The van der Waals surface area contributed by atoms with E-state index in [2.05, 4.69) is 31.8 Å². The molecule has 0 aliphatic carbocycles. The first-order valence-corrected chi connectivity index (χ1v) is 16.8. The number of rotatable bonds is 4. The monoisotopic (exact) mass is 728 g/mol. The highest BCUT2D eigenvalue weighted by Gasteiger charge is 2.58.